The van der Waals surface area contributed by atoms with Crippen molar-refractivity contribution in [1.82, 2.24) is 9.55 Å². The van der Waals surface area contributed by atoms with E-state index in [1.807, 2.05) is 36.4 Å². The molecule has 2 aliphatic carbocycles. The van der Waals surface area contributed by atoms with Crippen molar-refractivity contribution < 1.29 is 9.53 Å². The van der Waals surface area contributed by atoms with Crippen molar-refractivity contribution in [2.24, 2.45) is 0 Å². The van der Waals surface area contributed by atoms with E-state index in [0.717, 1.165) is 54.5 Å². The van der Waals surface area contributed by atoms with Crippen LogP contribution in [0.15, 0.2) is 64.5 Å². The molecule has 1 spiro atoms. The lowest BCUT2D eigenvalue weighted by Gasteiger charge is -2.42. The van der Waals surface area contributed by atoms with Crippen LogP contribution in [0.25, 0.3) is 11.3 Å². The fourth-order valence-electron chi connectivity index (χ4n) is 5.56. The number of carbonyl (C=O) groups excluding carboxylic acids is 1. The maximum Gasteiger partial charge on any atom is 0.316 e. The van der Waals surface area contributed by atoms with Gasteiger partial charge in [0.15, 0.2) is 5.16 Å². The summed E-state index contributed by atoms with van der Waals surface area (Å²) < 4.78 is 6.92. The number of aromatic nitrogens is 2. The number of hydrogen-bond acceptors (Lipinski definition) is 5. The Morgan fingerprint density at radius 2 is 1.79 bits per heavy atom. The van der Waals surface area contributed by atoms with Crippen LogP contribution in [-0.4, -0.2) is 27.9 Å². The van der Waals surface area contributed by atoms with Crippen molar-refractivity contribution in [3.63, 3.8) is 0 Å². The molecule has 0 atom stereocenters. The van der Waals surface area contributed by atoms with Crippen molar-refractivity contribution in [3.8, 4) is 11.3 Å². The molecule has 6 heteroatoms. The monoisotopic (exact) mass is 474 g/mol. The number of rotatable bonds is 6. The van der Waals surface area contributed by atoms with Crippen LogP contribution < -0.4 is 5.56 Å². The van der Waals surface area contributed by atoms with Crippen molar-refractivity contribution in [2.45, 2.75) is 62.6 Å². The maximum atomic E-state index is 14.3. The fourth-order valence-corrected chi connectivity index (χ4v) is 6.35. The third-order valence-corrected chi connectivity index (χ3v) is 8.03. The van der Waals surface area contributed by atoms with E-state index in [1.54, 1.807) is 11.5 Å². The first-order valence-electron chi connectivity index (χ1n) is 12.2. The second kappa shape index (κ2) is 9.79. The van der Waals surface area contributed by atoms with E-state index in [0.29, 0.717) is 18.3 Å². The summed E-state index contributed by atoms with van der Waals surface area (Å²) in [6.07, 6.45) is 6.43. The smallest absolute Gasteiger partial charge is 0.316 e. The molecule has 176 valence electrons. The van der Waals surface area contributed by atoms with Crippen LogP contribution in [0.4, 0.5) is 0 Å². The number of benzene rings is 2. The van der Waals surface area contributed by atoms with E-state index in [-0.39, 0.29) is 22.7 Å². The minimum Gasteiger partial charge on any atom is -0.465 e. The third-order valence-electron chi connectivity index (χ3n) is 7.08. The predicted molar refractivity (Wildman–Crippen MR) is 135 cm³/mol. The first kappa shape index (κ1) is 22.9. The maximum absolute atomic E-state index is 14.3. The molecule has 5 rings (SSSR count). The average Bonchev–Trinajstić information content (AvgIpc) is 2.86. The number of thioether (sulfide) groups is 1. The van der Waals surface area contributed by atoms with E-state index < -0.39 is 0 Å². The van der Waals surface area contributed by atoms with Gasteiger partial charge < -0.3 is 4.74 Å². The highest BCUT2D eigenvalue weighted by Gasteiger charge is 2.43. The van der Waals surface area contributed by atoms with Crippen LogP contribution in [0, 0.1) is 0 Å². The Balaban J connectivity index is 1.69. The van der Waals surface area contributed by atoms with Gasteiger partial charge in [0.2, 0.25) is 0 Å². The summed E-state index contributed by atoms with van der Waals surface area (Å²) in [5.41, 5.74) is 4.93. The molecule has 1 aromatic heterocycles. The van der Waals surface area contributed by atoms with Crippen molar-refractivity contribution in [1.29, 1.82) is 0 Å². The predicted octanol–water partition coefficient (Wildman–Crippen LogP) is 5.37. The molecule has 1 heterocycles. The molecule has 2 aromatic carbocycles. The zero-order chi connectivity index (χ0) is 23.5. The van der Waals surface area contributed by atoms with E-state index in [9.17, 15) is 9.59 Å². The molecule has 34 heavy (non-hydrogen) atoms. The molecule has 0 saturated heterocycles. The summed E-state index contributed by atoms with van der Waals surface area (Å²) in [6.45, 7) is 2.57. The molecule has 0 radical (unpaired) electrons. The van der Waals surface area contributed by atoms with Gasteiger partial charge in [0.25, 0.3) is 5.56 Å². The van der Waals surface area contributed by atoms with E-state index >= 15 is 0 Å². The molecular formula is C28H30N2O3S. The fraction of sp³-hybridized carbons (Fsp3) is 0.393. The van der Waals surface area contributed by atoms with Crippen molar-refractivity contribution in [2.75, 3.05) is 12.4 Å². The second-order valence-electron chi connectivity index (χ2n) is 9.26. The summed E-state index contributed by atoms with van der Waals surface area (Å²) in [4.78, 5) is 31.5. The van der Waals surface area contributed by atoms with Crippen LogP contribution in [0.1, 0.15) is 55.7 Å². The highest BCUT2D eigenvalue weighted by molar-refractivity contribution is 7.99. The van der Waals surface area contributed by atoms with E-state index in [2.05, 4.69) is 18.2 Å². The number of fused-ring (bicyclic) bond motifs is 4. The number of nitrogens with zero attached hydrogens (tertiary/aromatic N) is 2. The summed E-state index contributed by atoms with van der Waals surface area (Å²) in [6, 6.07) is 18.3. The number of ether oxygens (including phenoxy) is 1. The van der Waals surface area contributed by atoms with Crippen molar-refractivity contribution >= 4 is 17.7 Å². The molecular weight excluding hydrogens is 444 g/mol. The zero-order valence-electron chi connectivity index (χ0n) is 19.6. The highest BCUT2D eigenvalue weighted by Crippen LogP contribution is 2.48. The Hall–Kier alpha value is -2.86. The molecule has 1 saturated carbocycles. The Kier molecular flexibility index (Phi) is 6.59. The van der Waals surface area contributed by atoms with Gasteiger partial charge in [-0.25, -0.2) is 4.98 Å². The van der Waals surface area contributed by atoms with Crippen LogP contribution >= 0.6 is 11.8 Å². The SMILES string of the molecule is CCOC(=O)CSc1nc2c(c(=O)n1Cc1ccccc1)C1(CCCCC1)Cc1ccccc1-2. The zero-order valence-corrected chi connectivity index (χ0v) is 20.4. The van der Waals surface area contributed by atoms with Gasteiger partial charge in [-0.15, -0.1) is 0 Å². The van der Waals surface area contributed by atoms with Crippen molar-refractivity contribution in [3.05, 3.63) is 81.6 Å². The first-order valence-corrected chi connectivity index (χ1v) is 13.2. The van der Waals surface area contributed by atoms with Gasteiger partial charge in [0, 0.05) is 11.0 Å². The first-order chi connectivity index (χ1) is 16.6. The second-order valence-corrected chi connectivity index (χ2v) is 10.2. The molecule has 0 N–H and O–H groups in total. The largest absolute Gasteiger partial charge is 0.465 e. The normalized spacial score (nSPS) is 16.0. The van der Waals surface area contributed by atoms with Gasteiger partial charge >= 0.3 is 5.97 Å². The molecule has 2 aliphatic rings. The minimum absolute atomic E-state index is 0.0385. The molecule has 0 aliphatic heterocycles. The van der Waals surface area contributed by atoms with E-state index in [1.165, 1.54) is 23.7 Å². The number of esters is 1. The molecule has 0 amide bonds. The number of carbonyl (C=O) groups is 1. The summed E-state index contributed by atoms with van der Waals surface area (Å²) in [5.74, 6) is -0.171. The van der Waals surface area contributed by atoms with Crippen LogP contribution in [0.5, 0.6) is 0 Å². The summed E-state index contributed by atoms with van der Waals surface area (Å²) in [5, 5.41) is 0.573. The molecule has 0 unspecified atom stereocenters. The molecule has 5 nitrogen and oxygen atoms in total. The summed E-state index contributed by atoms with van der Waals surface area (Å²) >= 11 is 1.29. The Bertz CT molecular complexity index is 1250. The number of hydrogen-bond donors (Lipinski definition) is 0. The van der Waals surface area contributed by atoms with Gasteiger partial charge in [0.1, 0.15) is 0 Å². The van der Waals surface area contributed by atoms with Crippen LogP contribution in [-0.2, 0) is 27.9 Å². The molecule has 1 fully saturated rings. The van der Waals surface area contributed by atoms with Gasteiger partial charge in [-0.1, -0.05) is 85.6 Å². The molecule has 3 aromatic rings. The standard InChI is InChI=1S/C28H30N2O3S/c1-2-33-23(31)19-34-27-29-25-22-14-8-7-13-21(22)17-28(15-9-4-10-16-28)24(25)26(32)30(27)18-20-11-5-3-6-12-20/h3,5-8,11-14H,2,4,9-10,15-19H2,1H3. The third kappa shape index (κ3) is 4.31. The van der Waals surface area contributed by atoms with Gasteiger partial charge in [-0.05, 0) is 37.3 Å². The lowest BCUT2D eigenvalue weighted by molar-refractivity contribution is -0.139. The quantitative estimate of drug-likeness (QED) is 0.273. The van der Waals surface area contributed by atoms with Gasteiger partial charge in [0.05, 0.1) is 30.2 Å². The molecule has 0 bridgehead atoms. The minimum atomic E-state index is -0.296. The topological polar surface area (TPSA) is 61.2 Å². The van der Waals surface area contributed by atoms with Gasteiger partial charge in [-0.3, -0.25) is 14.2 Å². The van der Waals surface area contributed by atoms with Crippen LogP contribution in [0.3, 0.4) is 0 Å². The summed E-state index contributed by atoms with van der Waals surface area (Å²) in [7, 11) is 0. The highest BCUT2D eigenvalue weighted by atomic mass is 32.2. The van der Waals surface area contributed by atoms with Gasteiger partial charge in [-0.2, -0.15) is 0 Å². The van der Waals surface area contributed by atoms with E-state index in [4.69, 9.17) is 9.72 Å². The van der Waals surface area contributed by atoms with Crippen LogP contribution in [0.2, 0.25) is 0 Å². The Morgan fingerprint density at radius 3 is 2.56 bits per heavy atom. The Morgan fingerprint density at radius 1 is 1.06 bits per heavy atom. The Labute approximate surface area is 204 Å². The lowest BCUT2D eigenvalue weighted by Crippen LogP contribution is -2.43. The lowest BCUT2D eigenvalue weighted by atomic mass is 9.62. The average molecular weight is 475 g/mol.